The first-order valence-corrected chi connectivity index (χ1v) is 7.90. The van der Waals surface area contributed by atoms with Gasteiger partial charge in [0.05, 0.1) is 13.2 Å². The zero-order valence-electron chi connectivity index (χ0n) is 12.8. The van der Waals surface area contributed by atoms with Crippen LogP contribution in [-0.4, -0.2) is 30.6 Å². The van der Waals surface area contributed by atoms with E-state index in [1.165, 1.54) is 0 Å². The monoisotopic (exact) mass is 303 g/mol. The van der Waals surface area contributed by atoms with Crippen molar-refractivity contribution in [1.29, 1.82) is 0 Å². The summed E-state index contributed by atoms with van der Waals surface area (Å²) in [6.07, 6.45) is 3.96. The summed E-state index contributed by atoms with van der Waals surface area (Å²) in [6, 6.07) is 5.42. The van der Waals surface area contributed by atoms with Gasteiger partial charge >= 0.3 is 5.97 Å². The number of rotatable bonds is 4. The topological polar surface area (TPSA) is 64.6 Å². The van der Waals surface area contributed by atoms with E-state index < -0.39 is 5.54 Å². The number of amides is 1. The molecule has 0 bridgehead atoms. The maximum absolute atomic E-state index is 12.6. The van der Waals surface area contributed by atoms with E-state index in [2.05, 4.69) is 5.32 Å². The minimum absolute atomic E-state index is 0.218. The smallest absolute Gasteiger partial charge is 0.331 e. The Kier molecular flexibility index (Phi) is 4.05. The van der Waals surface area contributed by atoms with Crippen molar-refractivity contribution in [2.75, 3.05) is 13.2 Å². The standard InChI is InChI=1S/C17H21NO4/c1-2-21-16(20)17(8-3-4-9-17)18-15(19)13-5-6-14-12(11-13)7-10-22-14/h5-6,11H,2-4,7-10H2,1H3,(H,18,19). The van der Waals surface area contributed by atoms with Crippen molar-refractivity contribution in [3.8, 4) is 5.75 Å². The maximum Gasteiger partial charge on any atom is 0.331 e. The third-order valence-electron chi connectivity index (χ3n) is 4.43. The van der Waals surface area contributed by atoms with Crippen LogP contribution < -0.4 is 10.1 Å². The van der Waals surface area contributed by atoms with Gasteiger partial charge in [-0.3, -0.25) is 4.79 Å². The maximum atomic E-state index is 12.6. The van der Waals surface area contributed by atoms with Crippen molar-refractivity contribution < 1.29 is 19.1 Å². The molecule has 1 amide bonds. The Labute approximate surface area is 130 Å². The second-order valence-corrected chi connectivity index (χ2v) is 5.88. The van der Waals surface area contributed by atoms with Crippen LogP contribution in [0.2, 0.25) is 0 Å². The molecule has 0 unspecified atom stereocenters. The molecular weight excluding hydrogens is 282 g/mol. The fraction of sp³-hybridized carbons (Fsp3) is 0.529. The molecule has 0 radical (unpaired) electrons. The van der Waals surface area contributed by atoms with Crippen molar-refractivity contribution in [2.45, 2.75) is 44.6 Å². The van der Waals surface area contributed by atoms with Crippen LogP contribution in [0.1, 0.15) is 48.5 Å². The molecule has 0 saturated heterocycles. The van der Waals surface area contributed by atoms with E-state index in [9.17, 15) is 9.59 Å². The first-order chi connectivity index (χ1) is 10.6. The third-order valence-corrected chi connectivity index (χ3v) is 4.43. The number of benzene rings is 1. The van der Waals surface area contributed by atoms with Crippen LogP contribution in [0.4, 0.5) is 0 Å². The molecular formula is C17H21NO4. The number of carbonyl (C=O) groups is 2. The van der Waals surface area contributed by atoms with Crippen LogP contribution in [0.5, 0.6) is 5.75 Å². The molecule has 22 heavy (non-hydrogen) atoms. The average Bonchev–Trinajstić information content (AvgIpc) is 3.16. The Balaban J connectivity index is 1.78. The molecule has 118 valence electrons. The van der Waals surface area contributed by atoms with Crippen molar-refractivity contribution >= 4 is 11.9 Å². The lowest BCUT2D eigenvalue weighted by atomic mass is 9.96. The Bertz CT molecular complexity index is 590. The normalized spacial score (nSPS) is 18.4. The lowest BCUT2D eigenvalue weighted by Crippen LogP contribution is -2.53. The summed E-state index contributed by atoms with van der Waals surface area (Å²) in [5.74, 6) is 0.313. The van der Waals surface area contributed by atoms with Gasteiger partial charge < -0.3 is 14.8 Å². The van der Waals surface area contributed by atoms with Crippen molar-refractivity contribution in [2.24, 2.45) is 0 Å². The largest absolute Gasteiger partial charge is 0.493 e. The Morgan fingerprint density at radius 2 is 2.09 bits per heavy atom. The molecule has 0 atom stereocenters. The molecule has 5 nitrogen and oxygen atoms in total. The summed E-state index contributed by atoms with van der Waals surface area (Å²) in [4.78, 5) is 24.8. The van der Waals surface area contributed by atoms with Crippen molar-refractivity contribution in [3.05, 3.63) is 29.3 Å². The first kappa shape index (κ1) is 14.9. The second-order valence-electron chi connectivity index (χ2n) is 5.88. The van der Waals surface area contributed by atoms with Gasteiger partial charge in [0.15, 0.2) is 0 Å². The molecule has 0 aromatic heterocycles. The van der Waals surface area contributed by atoms with Crippen LogP contribution in [0.15, 0.2) is 18.2 Å². The Morgan fingerprint density at radius 1 is 1.32 bits per heavy atom. The highest BCUT2D eigenvalue weighted by molar-refractivity contribution is 5.98. The summed E-state index contributed by atoms with van der Waals surface area (Å²) in [6.45, 7) is 2.77. The van der Waals surface area contributed by atoms with E-state index in [4.69, 9.17) is 9.47 Å². The summed E-state index contributed by atoms with van der Waals surface area (Å²) in [7, 11) is 0. The number of ether oxygens (including phenoxy) is 2. The fourth-order valence-corrected chi connectivity index (χ4v) is 3.25. The highest BCUT2D eigenvalue weighted by Crippen LogP contribution is 2.32. The zero-order chi connectivity index (χ0) is 15.6. The summed E-state index contributed by atoms with van der Waals surface area (Å²) < 4.78 is 10.6. The average molecular weight is 303 g/mol. The van der Waals surface area contributed by atoms with E-state index in [1.54, 1.807) is 13.0 Å². The van der Waals surface area contributed by atoms with E-state index >= 15 is 0 Å². The summed E-state index contributed by atoms with van der Waals surface area (Å²) in [5.41, 5.74) is 0.756. The van der Waals surface area contributed by atoms with E-state index in [-0.39, 0.29) is 11.9 Å². The predicted molar refractivity (Wildman–Crippen MR) is 80.9 cm³/mol. The lowest BCUT2D eigenvalue weighted by Gasteiger charge is -2.27. The van der Waals surface area contributed by atoms with E-state index in [0.29, 0.717) is 31.6 Å². The van der Waals surface area contributed by atoms with E-state index in [1.807, 2.05) is 12.1 Å². The molecule has 0 spiro atoms. The van der Waals surface area contributed by atoms with Gasteiger partial charge in [-0.05, 0) is 43.5 Å². The minimum atomic E-state index is -0.859. The van der Waals surface area contributed by atoms with Crippen LogP contribution in [-0.2, 0) is 16.0 Å². The highest BCUT2D eigenvalue weighted by atomic mass is 16.5. The predicted octanol–water partition coefficient (Wildman–Crippen LogP) is 2.23. The van der Waals surface area contributed by atoms with Gasteiger partial charge in [0, 0.05) is 12.0 Å². The molecule has 1 aromatic rings. The number of hydrogen-bond donors (Lipinski definition) is 1. The second kappa shape index (κ2) is 5.99. The molecule has 1 fully saturated rings. The number of carbonyl (C=O) groups excluding carboxylic acids is 2. The van der Waals surface area contributed by atoms with Crippen molar-refractivity contribution in [1.82, 2.24) is 5.32 Å². The minimum Gasteiger partial charge on any atom is -0.493 e. The van der Waals surface area contributed by atoms with Crippen molar-refractivity contribution in [3.63, 3.8) is 0 Å². The summed E-state index contributed by atoms with van der Waals surface area (Å²) in [5, 5.41) is 2.93. The summed E-state index contributed by atoms with van der Waals surface area (Å²) >= 11 is 0. The van der Waals surface area contributed by atoms with Gasteiger partial charge in [0.2, 0.25) is 0 Å². The van der Waals surface area contributed by atoms with Gasteiger partial charge in [0.25, 0.3) is 5.91 Å². The molecule has 2 aliphatic rings. The molecule has 3 rings (SSSR count). The van der Waals surface area contributed by atoms with Crippen LogP contribution in [0.25, 0.3) is 0 Å². The van der Waals surface area contributed by atoms with Gasteiger partial charge in [-0.15, -0.1) is 0 Å². The van der Waals surface area contributed by atoms with Gasteiger partial charge in [0.1, 0.15) is 11.3 Å². The fourth-order valence-electron chi connectivity index (χ4n) is 3.25. The first-order valence-electron chi connectivity index (χ1n) is 7.90. The SMILES string of the molecule is CCOC(=O)C1(NC(=O)c2ccc3c(c2)CCO3)CCCC1. The lowest BCUT2D eigenvalue weighted by molar-refractivity contribution is -0.150. The van der Waals surface area contributed by atoms with Crippen LogP contribution >= 0.6 is 0 Å². The van der Waals surface area contributed by atoms with E-state index in [0.717, 1.165) is 30.6 Å². The quantitative estimate of drug-likeness (QED) is 0.866. The molecule has 1 aliphatic carbocycles. The zero-order valence-corrected chi connectivity index (χ0v) is 12.8. The molecule has 1 aliphatic heterocycles. The van der Waals surface area contributed by atoms with Gasteiger partial charge in [-0.2, -0.15) is 0 Å². The van der Waals surface area contributed by atoms with Crippen LogP contribution in [0.3, 0.4) is 0 Å². The highest BCUT2D eigenvalue weighted by Gasteiger charge is 2.44. The van der Waals surface area contributed by atoms with Gasteiger partial charge in [-0.1, -0.05) is 12.8 Å². The number of nitrogens with one attached hydrogen (secondary N) is 1. The molecule has 1 saturated carbocycles. The molecule has 1 aromatic carbocycles. The number of fused-ring (bicyclic) bond motifs is 1. The third kappa shape index (κ3) is 2.67. The molecule has 1 heterocycles. The number of hydrogen-bond acceptors (Lipinski definition) is 4. The Hall–Kier alpha value is -2.04. The van der Waals surface area contributed by atoms with Gasteiger partial charge in [-0.25, -0.2) is 4.79 Å². The number of esters is 1. The molecule has 1 N–H and O–H groups in total. The Morgan fingerprint density at radius 3 is 2.82 bits per heavy atom. The van der Waals surface area contributed by atoms with Crippen LogP contribution in [0, 0.1) is 0 Å². The molecule has 5 heteroatoms.